The number of amides is 3. The van der Waals surface area contributed by atoms with E-state index < -0.39 is 30.2 Å². The van der Waals surface area contributed by atoms with Gasteiger partial charge in [-0.05, 0) is 53.8 Å². The molecule has 56 heavy (non-hydrogen) atoms. The van der Waals surface area contributed by atoms with Gasteiger partial charge in [0.05, 0.1) is 42.0 Å². The van der Waals surface area contributed by atoms with Gasteiger partial charge in [0.15, 0.2) is 6.29 Å². The zero-order valence-corrected chi connectivity index (χ0v) is 31.1. The monoisotopic (exact) mass is 759 g/mol. The lowest BCUT2D eigenvalue weighted by Gasteiger charge is -2.44. The minimum absolute atomic E-state index is 0.0332. The van der Waals surface area contributed by atoms with Crippen LogP contribution in [0, 0.1) is 5.92 Å². The van der Waals surface area contributed by atoms with Crippen molar-refractivity contribution in [3.63, 3.8) is 0 Å². The van der Waals surface area contributed by atoms with Gasteiger partial charge in [-0.3, -0.25) is 14.2 Å². The van der Waals surface area contributed by atoms with Gasteiger partial charge in [0.2, 0.25) is 5.91 Å². The normalized spacial score (nSPS) is 23.5. The number of aromatic nitrogens is 2. The van der Waals surface area contributed by atoms with E-state index >= 15 is 0 Å². The molecular formula is C43H45N5O8. The van der Waals surface area contributed by atoms with E-state index in [1.165, 1.54) is 0 Å². The van der Waals surface area contributed by atoms with E-state index in [1.54, 1.807) is 18.2 Å². The van der Waals surface area contributed by atoms with Crippen molar-refractivity contribution in [2.75, 3.05) is 24.5 Å². The first-order valence-corrected chi connectivity index (χ1v) is 19.1. The predicted octanol–water partition coefficient (Wildman–Crippen LogP) is 5.51. The number of H-pyrrole nitrogens is 1. The molecule has 5 atom stereocenters. The van der Waals surface area contributed by atoms with Gasteiger partial charge in [-0.2, -0.15) is 0 Å². The predicted molar refractivity (Wildman–Crippen MR) is 207 cm³/mol. The smallest absolute Gasteiger partial charge is 0.408 e. The van der Waals surface area contributed by atoms with E-state index in [9.17, 15) is 24.3 Å². The Morgan fingerprint density at radius 3 is 2.39 bits per heavy atom. The van der Waals surface area contributed by atoms with Crippen molar-refractivity contribution < 1.29 is 33.7 Å². The Bertz CT molecular complexity index is 2250. The van der Waals surface area contributed by atoms with Crippen molar-refractivity contribution in [1.29, 1.82) is 0 Å². The van der Waals surface area contributed by atoms with E-state index in [0.717, 1.165) is 58.6 Å². The fraction of sp³-hybridized carbons (Fsp3) is 0.349. The number of aliphatic hydroxyl groups is 1. The minimum Gasteiger partial charge on any atom is -0.445 e. The van der Waals surface area contributed by atoms with E-state index in [1.807, 2.05) is 89.5 Å². The molecule has 3 N–H and O–H groups in total. The molecule has 4 aromatic carbocycles. The number of benzene rings is 4. The second-order valence-corrected chi connectivity index (χ2v) is 14.8. The molecule has 3 amide bonds. The summed E-state index contributed by atoms with van der Waals surface area (Å²) in [7, 11) is 0. The highest BCUT2D eigenvalue weighted by molar-refractivity contribution is 6.22. The van der Waals surface area contributed by atoms with Gasteiger partial charge < -0.3 is 34.5 Å². The number of nitrogens with zero attached hydrogens (tertiary/aromatic N) is 3. The molecule has 0 aliphatic carbocycles. The Morgan fingerprint density at radius 1 is 0.875 bits per heavy atom. The number of para-hydroxylation sites is 2. The fourth-order valence-corrected chi connectivity index (χ4v) is 8.11. The lowest BCUT2D eigenvalue weighted by molar-refractivity contribution is -0.276. The number of anilines is 1. The Morgan fingerprint density at radius 2 is 1.62 bits per heavy atom. The molecule has 8 rings (SSSR count). The van der Waals surface area contributed by atoms with Gasteiger partial charge in [-0.1, -0.05) is 85.8 Å². The zero-order valence-electron chi connectivity index (χ0n) is 31.1. The van der Waals surface area contributed by atoms with Crippen LogP contribution in [0.1, 0.15) is 66.9 Å². The molecular weight excluding hydrogens is 715 g/mol. The van der Waals surface area contributed by atoms with Crippen molar-refractivity contribution >= 4 is 34.6 Å². The number of likely N-dealkylation sites (tertiary alicyclic amines) is 1. The van der Waals surface area contributed by atoms with Crippen LogP contribution in [-0.2, 0) is 37.0 Å². The number of hydrogen-bond donors (Lipinski definition) is 3. The van der Waals surface area contributed by atoms with Crippen LogP contribution < -0.4 is 15.9 Å². The average Bonchev–Trinajstić information content (AvgIpc) is 3.71. The summed E-state index contributed by atoms with van der Waals surface area (Å²) in [5.74, 6) is -1.06. The Labute approximate surface area is 323 Å². The number of imide groups is 1. The molecule has 1 aromatic heterocycles. The third-order valence-corrected chi connectivity index (χ3v) is 11.2. The fourth-order valence-electron chi connectivity index (χ4n) is 8.11. The van der Waals surface area contributed by atoms with Crippen LogP contribution >= 0.6 is 0 Å². The van der Waals surface area contributed by atoms with Crippen LogP contribution in [0.4, 0.5) is 10.5 Å². The highest BCUT2D eigenvalue weighted by Gasteiger charge is 2.43. The number of carbonyl (C=O) groups excluding carboxylic acids is 3. The van der Waals surface area contributed by atoms with E-state index in [4.69, 9.17) is 14.2 Å². The van der Waals surface area contributed by atoms with Gasteiger partial charge >= 0.3 is 11.8 Å². The number of nitrogens with one attached hydrogen (secondary N) is 2. The number of aromatic amines is 1. The maximum atomic E-state index is 13.5. The van der Waals surface area contributed by atoms with Crippen molar-refractivity contribution in [2.24, 2.45) is 5.92 Å². The van der Waals surface area contributed by atoms with Crippen LogP contribution in [-0.4, -0.2) is 69.2 Å². The first-order valence-electron chi connectivity index (χ1n) is 19.1. The molecule has 3 saturated heterocycles. The Hall–Kier alpha value is -5.60. The second-order valence-electron chi connectivity index (χ2n) is 14.8. The molecule has 0 saturated carbocycles. The van der Waals surface area contributed by atoms with Crippen LogP contribution in [0.3, 0.4) is 0 Å². The lowest BCUT2D eigenvalue weighted by atomic mass is 9.89. The molecule has 5 unspecified atom stereocenters. The van der Waals surface area contributed by atoms with Crippen LogP contribution in [0.25, 0.3) is 11.0 Å². The van der Waals surface area contributed by atoms with Crippen molar-refractivity contribution in [2.45, 2.75) is 70.0 Å². The van der Waals surface area contributed by atoms with Gasteiger partial charge in [-0.25, -0.2) is 14.5 Å². The molecule has 5 aromatic rings. The number of carbonyl (C=O) groups is 3. The summed E-state index contributed by atoms with van der Waals surface area (Å²) in [5.41, 5.74) is 5.19. The Kier molecular flexibility index (Phi) is 10.8. The van der Waals surface area contributed by atoms with Crippen LogP contribution in [0.15, 0.2) is 108 Å². The summed E-state index contributed by atoms with van der Waals surface area (Å²) in [6.07, 6.45) is -0.785. The van der Waals surface area contributed by atoms with Crippen molar-refractivity contribution in [1.82, 2.24) is 19.8 Å². The molecule has 13 heteroatoms. The van der Waals surface area contributed by atoms with E-state index in [2.05, 4.69) is 22.1 Å². The standard InChI is InChI=1S/C43H45N5O8/c1-27-37(24-46-20-18-32(19-21-46)47-36-13-6-5-12-34(36)44-42(47)52)55-41(56-39(27)30-16-14-28(25-49)15-17-30)31-10-7-11-33(22-31)48-38(50)23-35(40(48)51)45-43(53)54-26-29-8-3-2-4-9-29/h2-17,22,27,32,35,37,39,41,49H,18-21,23-26H2,1H3,(H,44,52)(H,45,53). The maximum absolute atomic E-state index is 13.5. The number of fused-ring (bicyclic) bond motifs is 1. The molecule has 3 aliphatic rings. The summed E-state index contributed by atoms with van der Waals surface area (Å²) in [5, 5.41) is 12.2. The summed E-state index contributed by atoms with van der Waals surface area (Å²) in [4.78, 5) is 58.7. The topological polar surface area (TPSA) is 155 Å². The molecule has 0 radical (unpaired) electrons. The molecule has 0 spiro atoms. The highest BCUT2D eigenvalue weighted by atomic mass is 16.7. The van der Waals surface area contributed by atoms with Gasteiger partial charge in [0.1, 0.15) is 12.6 Å². The average molecular weight is 760 g/mol. The van der Waals surface area contributed by atoms with Crippen molar-refractivity contribution in [3.8, 4) is 0 Å². The molecule has 3 aliphatic heterocycles. The number of aliphatic hydroxyl groups excluding tert-OH is 1. The largest absolute Gasteiger partial charge is 0.445 e. The van der Waals surface area contributed by atoms with Gasteiger partial charge in [-0.15, -0.1) is 0 Å². The van der Waals surface area contributed by atoms with Gasteiger partial charge in [0, 0.05) is 37.2 Å². The van der Waals surface area contributed by atoms with E-state index in [-0.39, 0.29) is 49.5 Å². The number of rotatable bonds is 10. The highest BCUT2D eigenvalue weighted by Crippen LogP contribution is 2.43. The molecule has 4 heterocycles. The minimum atomic E-state index is -1.06. The number of alkyl carbamates (subject to hydrolysis) is 1. The van der Waals surface area contributed by atoms with Gasteiger partial charge in [0.25, 0.3) is 5.91 Å². The number of hydrogen-bond acceptors (Lipinski definition) is 9. The third kappa shape index (κ3) is 7.76. The first-order chi connectivity index (χ1) is 27.2. The third-order valence-electron chi connectivity index (χ3n) is 11.2. The Balaban J connectivity index is 0.976. The lowest BCUT2D eigenvalue weighted by Crippen LogP contribution is -2.47. The molecule has 290 valence electrons. The number of piperidine rings is 1. The molecule has 13 nitrogen and oxygen atoms in total. The van der Waals surface area contributed by atoms with E-state index in [0.29, 0.717) is 17.8 Å². The SMILES string of the molecule is CC1C(CN2CCC(n3c(=O)[nH]c4ccccc43)CC2)OC(c2cccc(N3C(=O)CC(NC(=O)OCc4ccccc4)C3=O)c2)OC1c1ccc(CO)cc1. The molecule has 0 bridgehead atoms. The van der Waals surface area contributed by atoms with Crippen LogP contribution in [0.2, 0.25) is 0 Å². The summed E-state index contributed by atoms with van der Waals surface area (Å²) < 4.78 is 20.6. The van der Waals surface area contributed by atoms with Crippen LogP contribution in [0.5, 0.6) is 0 Å². The van der Waals surface area contributed by atoms with Crippen molar-refractivity contribution in [3.05, 3.63) is 136 Å². The zero-order chi connectivity index (χ0) is 38.8. The first kappa shape index (κ1) is 37.3. The molecule has 3 fully saturated rings. The summed E-state index contributed by atoms with van der Waals surface area (Å²) in [6.45, 7) is 4.29. The quantitative estimate of drug-likeness (QED) is 0.157. The summed E-state index contributed by atoms with van der Waals surface area (Å²) >= 11 is 0. The second kappa shape index (κ2) is 16.2. The number of ether oxygens (including phenoxy) is 3. The summed E-state index contributed by atoms with van der Waals surface area (Å²) in [6, 6.07) is 30.7. The number of imidazole rings is 1. The maximum Gasteiger partial charge on any atom is 0.408 e.